The van der Waals surface area contributed by atoms with E-state index >= 15 is 0 Å². The molecular weight excluding hydrogens is 238 g/mol. The van der Waals surface area contributed by atoms with Gasteiger partial charge >= 0.3 is 0 Å². The molecule has 0 aromatic heterocycles. The van der Waals surface area contributed by atoms with Gasteiger partial charge in [0.2, 0.25) is 5.91 Å². The number of nitrogens with one attached hydrogen (secondary N) is 1. The molecule has 108 valence electrons. The molecule has 0 aromatic rings. The van der Waals surface area contributed by atoms with Gasteiger partial charge in [-0.25, -0.2) is 0 Å². The number of rotatable bonds is 2. The minimum atomic E-state index is 0.123. The molecule has 1 saturated carbocycles. The Morgan fingerprint density at radius 1 is 1.16 bits per heavy atom. The zero-order valence-corrected chi connectivity index (χ0v) is 12.3. The second-order valence-corrected chi connectivity index (χ2v) is 6.70. The van der Waals surface area contributed by atoms with Gasteiger partial charge in [-0.3, -0.25) is 9.69 Å². The number of carbonyl (C=O) groups is 1. The summed E-state index contributed by atoms with van der Waals surface area (Å²) in [6.07, 6.45) is 3.89. The number of hydrogen-bond acceptors (Lipinski definition) is 3. The second-order valence-electron chi connectivity index (χ2n) is 6.70. The van der Waals surface area contributed by atoms with Crippen molar-refractivity contribution < 1.29 is 4.79 Å². The van der Waals surface area contributed by atoms with Crippen molar-refractivity contribution in [2.75, 3.05) is 32.7 Å². The summed E-state index contributed by atoms with van der Waals surface area (Å²) >= 11 is 0. The molecule has 3 unspecified atom stereocenters. The molecule has 19 heavy (non-hydrogen) atoms. The number of hydrogen-bond donors (Lipinski definition) is 1. The highest BCUT2D eigenvalue weighted by molar-refractivity contribution is 5.83. The fraction of sp³-hybridized carbons (Fsp3) is 0.933. The fourth-order valence-electron chi connectivity index (χ4n) is 4.11. The highest BCUT2D eigenvalue weighted by Crippen LogP contribution is 2.38. The van der Waals surface area contributed by atoms with Crippen LogP contribution in [-0.4, -0.2) is 60.5 Å². The first-order valence-electron chi connectivity index (χ1n) is 7.93. The van der Waals surface area contributed by atoms with Gasteiger partial charge in [0.1, 0.15) is 0 Å². The Kier molecular flexibility index (Phi) is 3.81. The summed E-state index contributed by atoms with van der Waals surface area (Å²) in [5.74, 6) is 1.76. The lowest BCUT2D eigenvalue weighted by atomic mass is 9.93. The minimum absolute atomic E-state index is 0.123. The van der Waals surface area contributed by atoms with Gasteiger partial charge in [-0.1, -0.05) is 6.42 Å². The van der Waals surface area contributed by atoms with Crippen LogP contribution in [0.5, 0.6) is 0 Å². The molecule has 3 atom stereocenters. The largest absolute Gasteiger partial charge is 0.339 e. The number of nitrogens with zero attached hydrogens (tertiary/aromatic N) is 2. The van der Waals surface area contributed by atoms with Gasteiger partial charge in [0, 0.05) is 32.2 Å². The summed E-state index contributed by atoms with van der Waals surface area (Å²) in [5, 5.41) is 3.48. The molecule has 0 spiro atoms. The maximum Gasteiger partial charge on any atom is 0.240 e. The summed E-state index contributed by atoms with van der Waals surface area (Å²) in [4.78, 5) is 17.2. The Bertz CT molecular complexity index is 336. The van der Waals surface area contributed by atoms with Gasteiger partial charge in [-0.05, 0) is 45.1 Å². The molecule has 3 rings (SSSR count). The van der Waals surface area contributed by atoms with Crippen molar-refractivity contribution in [2.45, 2.75) is 45.2 Å². The molecule has 0 aromatic carbocycles. The third-order valence-electron chi connectivity index (χ3n) is 5.37. The van der Waals surface area contributed by atoms with E-state index in [1.165, 1.54) is 19.3 Å². The van der Waals surface area contributed by atoms with E-state index in [2.05, 4.69) is 29.0 Å². The molecule has 2 aliphatic heterocycles. The van der Waals surface area contributed by atoms with Crippen LogP contribution in [0.3, 0.4) is 0 Å². The fourth-order valence-corrected chi connectivity index (χ4v) is 4.11. The molecule has 0 radical (unpaired) electrons. The molecule has 1 N–H and O–H groups in total. The van der Waals surface area contributed by atoms with E-state index in [-0.39, 0.29) is 6.04 Å². The predicted octanol–water partition coefficient (Wildman–Crippen LogP) is 0.927. The van der Waals surface area contributed by atoms with Gasteiger partial charge in [0.15, 0.2) is 0 Å². The first-order chi connectivity index (χ1) is 9.16. The van der Waals surface area contributed by atoms with Crippen molar-refractivity contribution in [3.63, 3.8) is 0 Å². The normalized spacial score (nSPS) is 35.9. The number of amides is 1. The smallest absolute Gasteiger partial charge is 0.240 e. The molecule has 2 saturated heterocycles. The van der Waals surface area contributed by atoms with Crippen molar-refractivity contribution in [3.8, 4) is 0 Å². The van der Waals surface area contributed by atoms with E-state index < -0.39 is 0 Å². The van der Waals surface area contributed by atoms with Gasteiger partial charge in [-0.2, -0.15) is 0 Å². The summed E-state index contributed by atoms with van der Waals surface area (Å²) in [6.45, 7) is 9.42. The molecular formula is C15H27N3O. The third kappa shape index (κ3) is 2.52. The third-order valence-corrected chi connectivity index (χ3v) is 5.37. The predicted molar refractivity (Wildman–Crippen MR) is 75.9 cm³/mol. The van der Waals surface area contributed by atoms with Crippen LogP contribution in [0, 0.1) is 11.8 Å². The molecule has 1 amide bonds. The molecule has 3 aliphatic rings. The van der Waals surface area contributed by atoms with Crippen LogP contribution < -0.4 is 5.32 Å². The highest BCUT2D eigenvalue weighted by atomic mass is 16.2. The average Bonchev–Trinajstić information content (AvgIpc) is 3.00. The zero-order chi connectivity index (χ0) is 13.4. The Morgan fingerprint density at radius 2 is 1.89 bits per heavy atom. The van der Waals surface area contributed by atoms with E-state index in [9.17, 15) is 4.79 Å². The van der Waals surface area contributed by atoms with E-state index in [4.69, 9.17) is 0 Å². The maximum atomic E-state index is 12.7. The topological polar surface area (TPSA) is 35.6 Å². The Labute approximate surface area is 116 Å². The number of piperazine rings is 1. The Morgan fingerprint density at radius 3 is 2.58 bits per heavy atom. The van der Waals surface area contributed by atoms with E-state index in [0.717, 1.165) is 38.6 Å². The lowest BCUT2D eigenvalue weighted by Crippen LogP contribution is -2.55. The molecule has 1 aliphatic carbocycles. The minimum Gasteiger partial charge on any atom is -0.339 e. The second kappa shape index (κ2) is 5.41. The standard InChI is InChI=1S/C15H27N3O/c1-11(2)17-6-8-18(9-7-17)15(19)14-13-5-3-4-12(13)10-16-14/h11-14,16H,3-10H2,1-2H3. The van der Waals surface area contributed by atoms with Crippen molar-refractivity contribution in [1.82, 2.24) is 15.1 Å². The SMILES string of the molecule is CC(C)N1CCN(C(=O)C2NCC3CCCC32)CC1. The van der Waals surface area contributed by atoms with Gasteiger partial charge in [0.05, 0.1) is 6.04 Å². The molecule has 0 bridgehead atoms. The highest BCUT2D eigenvalue weighted by Gasteiger charge is 2.44. The molecule has 2 heterocycles. The molecule has 4 heteroatoms. The maximum absolute atomic E-state index is 12.7. The summed E-state index contributed by atoms with van der Waals surface area (Å²) in [5.41, 5.74) is 0. The van der Waals surface area contributed by atoms with Crippen LogP contribution in [-0.2, 0) is 4.79 Å². The average molecular weight is 265 g/mol. The van der Waals surface area contributed by atoms with Crippen LogP contribution in [0.15, 0.2) is 0 Å². The Hall–Kier alpha value is -0.610. The zero-order valence-electron chi connectivity index (χ0n) is 12.3. The van der Waals surface area contributed by atoms with Crippen LogP contribution in [0.2, 0.25) is 0 Å². The number of fused-ring (bicyclic) bond motifs is 1. The molecule has 3 fully saturated rings. The summed E-state index contributed by atoms with van der Waals surface area (Å²) in [6, 6.07) is 0.721. The van der Waals surface area contributed by atoms with Gasteiger partial charge in [0.25, 0.3) is 0 Å². The lowest BCUT2D eigenvalue weighted by molar-refractivity contribution is -0.136. The van der Waals surface area contributed by atoms with Crippen molar-refractivity contribution >= 4 is 5.91 Å². The number of carbonyl (C=O) groups excluding carboxylic acids is 1. The van der Waals surface area contributed by atoms with Gasteiger partial charge < -0.3 is 10.2 Å². The van der Waals surface area contributed by atoms with Crippen LogP contribution in [0.4, 0.5) is 0 Å². The molecule has 4 nitrogen and oxygen atoms in total. The van der Waals surface area contributed by atoms with Crippen molar-refractivity contribution in [2.24, 2.45) is 11.8 Å². The first kappa shape index (κ1) is 13.4. The van der Waals surface area contributed by atoms with Crippen molar-refractivity contribution in [3.05, 3.63) is 0 Å². The van der Waals surface area contributed by atoms with Crippen molar-refractivity contribution in [1.29, 1.82) is 0 Å². The van der Waals surface area contributed by atoms with E-state index in [0.29, 0.717) is 17.9 Å². The van der Waals surface area contributed by atoms with Crippen LogP contribution in [0.1, 0.15) is 33.1 Å². The Balaban J connectivity index is 1.57. The van der Waals surface area contributed by atoms with Gasteiger partial charge in [-0.15, -0.1) is 0 Å². The summed E-state index contributed by atoms with van der Waals surface area (Å²) < 4.78 is 0. The monoisotopic (exact) mass is 265 g/mol. The lowest BCUT2D eigenvalue weighted by Gasteiger charge is -2.38. The first-order valence-corrected chi connectivity index (χ1v) is 7.93. The van der Waals surface area contributed by atoms with E-state index in [1.807, 2.05) is 0 Å². The van der Waals surface area contributed by atoms with Crippen LogP contribution >= 0.6 is 0 Å². The van der Waals surface area contributed by atoms with E-state index in [1.54, 1.807) is 0 Å². The quantitative estimate of drug-likeness (QED) is 0.807. The van der Waals surface area contributed by atoms with Crippen LogP contribution in [0.25, 0.3) is 0 Å². The summed E-state index contributed by atoms with van der Waals surface area (Å²) in [7, 11) is 0.